The molecule has 2 nitrogen and oxygen atoms in total. The molecule has 1 fully saturated rings. The first kappa shape index (κ1) is 14.0. The first-order chi connectivity index (χ1) is 7.84. The van der Waals surface area contributed by atoms with E-state index in [0.717, 1.165) is 13.1 Å². The maximum atomic E-state index is 9.63. The van der Waals surface area contributed by atoms with Crippen LogP contribution in [0.1, 0.15) is 64.7 Å². The molecule has 0 aromatic heterocycles. The fourth-order valence-corrected chi connectivity index (χ4v) is 2.55. The van der Waals surface area contributed by atoms with Crippen molar-refractivity contribution in [1.29, 1.82) is 0 Å². The Morgan fingerprint density at radius 1 is 0.938 bits per heavy atom. The highest BCUT2D eigenvalue weighted by atomic mass is 16.3. The summed E-state index contributed by atoms with van der Waals surface area (Å²) in [5.41, 5.74) is 0. The van der Waals surface area contributed by atoms with Gasteiger partial charge in [0.15, 0.2) is 0 Å². The largest absolute Gasteiger partial charge is 0.391 e. The van der Waals surface area contributed by atoms with E-state index in [2.05, 4.69) is 12.2 Å². The second-order valence-corrected chi connectivity index (χ2v) is 5.25. The zero-order valence-corrected chi connectivity index (χ0v) is 10.9. The van der Waals surface area contributed by atoms with E-state index in [0.29, 0.717) is 5.92 Å². The van der Waals surface area contributed by atoms with E-state index in [1.165, 1.54) is 57.8 Å². The topological polar surface area (TPSA) is 32.3 Å². The Bertz CT molecular complexity index is 161. The molecule has 2 N–H and O–H groups in total. The van der Waals surface area contributed by atoms with Gasteiger partial charge in [-0.05, 0) is 12.3 Å². The quantitative estimate of drug-likeness (QED) is 0.593. The first-order valence-corrected chi connectivity index (χ1v) is 7.23. The van der Waals surface area contributed by atoms with Gasteiger partial charge in [-0.15, -0.1) is 0 Å². The number of nitrogens with one attached hydrogen (secondary N) is 1. The van der Waals surface area contributed by atoms with E-state index >= 15 is 0 Å². The zero-order valence-electron chi connectivity index (χ0n) is 10.9. The van der Waals surface area contributed by atoms with Crippen LogP contribution in [0.15, 0.2) is 0 Å². The van der Waals surface area contributed by atoms with E-state index in [9.17, 15) is 5.11 Å². The zero-order chi connectivity index (χ0) is 11.6. The van der Waals surface area contributed by atoms with Gasteiger partial charge in [0.05, 0.1) is 6.10 Å². The minimum absolute atomic E-state index is 0.0791. The molecule has 2 unspecified atom stereocenters. The number of unbranched alkanes of at least 4 members (excludes halogenated alkanes) is 7. The molecule has 0 bridgehead atoms. The van der Waals surface area contributed by atoms with Crippen LogP contribution in [-0.2, 0) is 0 Å². The third-order valence-electron chi connectivity index (χ3n) is 3.73. The van der Waals surface area contributed by atoms with E-state index in [1.54, 1.807) is 0 Å². The summed E-state index contributed by atoms with van der Waals surface area (Å²) >= 11 is 0. The van der Waals surface area contributed by atoms with Crippen LogP contribution in [-0.4, -0.2) is 24.3 Å². The fraction of sp³-hybridized carbons (Fsp3) is 1.00. The minimum Gasteiger partial charge on any atom is -0.391 e. The Labute approximate surface area is 101 Å². The molecular formula is C14H29NO. The Kier molecular flexibility index (Phi) is 7.87. The summed E-state index contributed by atoms with van der Waals surface area (Å²) < 4.78 is 0. The van der Waals surface area contributed by atoms with Crippen molar-refractivity contribution in [2.75, 3.05) is 13.1 Å². The lowest BCUT2D eigenvalue weighted by Crippen LogP contribution is -2.17. The number of rotatable bonds is 9. The van der Waals surface area contributed by atoms with Crippen LogP contribution in [0.25, 0.3) is 0 Å². The molecule has 0 amide bonds. The van der Waals surface area contributed by atoms with Gasteiger partial charge in [-0.3, -0.25) is 0 Å². The Hall–Kier alpha value is -0.0800. The van der Waals surface area contributed by atoms with Gasteiger partial charge in [-0.25, -0.2) is 0 Å². The third kappa shape index (κ3) is 5.86. The predicted molar refractivity (Wildman–Crippen MR) is 69.6 cm³/mol. The van der Waals surface area contributed by atoms with Crippen LogP contribution in [0.4, 0.5) is 0 Å². The molecular weight excluding hydrogens is 198 g/mol. The second-order valence-electron chi connectivity index (χ2n) is 5.25. The average molecular weight is 227 g/mol. The fourth-order valence-electron chi connectivity index (χ4n) is 2.55. The normalized spacial score (nSPS) is 25.1. The van der Waals surface area contributed by atoms with Crippen LogP contribution in [0, 0.1) is 5.92 Å². The summed E-state index contributed by atoms with van der Waals surface area (Å²) in [6, 6.07) is 0. The summed E-state index contributed by atoms with van der Waals surface area (Å²) in [5, 5.41) is 12.9. The van der Waals surface area contributed by atoms with Gasteiger partial charge in [-0.1, -0.05) is 58.3 Å². The molecule has 1 aliphatic rings. The highest BCUT2D eigenvalue weighted by molar-refractivity contribution is 4.79. The Morgan fingerprint density at radius 3 is 2.12 bits per heavy atom. The maximum Gasteiger partial charge on any atom is 0.0704 e. The molecule has 1 heterocycles. The van der Waals surface area contributed by atoms with Gasteiger partial charge in [0.2, 0.25) is 0 Å². The molecule has 2 heteroatoms. The molecule has 0 spiro atoms. The van der Waals surface area contributed by atoms with E-state index < -0.39 is 0 Å². The standard InChI is InChI=1S/C14H29NO/c1-2-3-4-5-6-7-8-9-10-13-11-15-12-14(13)16/h13-16H,2-12H2,1H3. The number of hydrogen-bond acceptors (Lipinski definition) is 2. The van der Waals surface area contributed by atoms with Crippen molar-refractivity contribution >= 4 is 0 Å². The Balaban J connectivity index is 1.81. The summed E-state index contributed by atoms with van der Waals surface area (Å²) in [6.07, 6.45) is 12.2. The summed E-state index contributed by atoms with van der Waals surface area (Å²) in [5.74, 6) is 0.528. The minimum atomic E-state index is -0.0791. The van der Waals surface area contributed by atoms with Gasteiger partial charge >= 0.3 is 0 Å². The lowest BCUT2D eigenvalue weighted by molar-refractivity contribution is 0.141. The smallest absolute Gasteiger partial charge is 0.0704 e. The van der Waals surface area contributed by atoms with Gasteiger partial charge in [0, 0.05) is 13.1 Å². The molecule has 96 valence electrons. The summed E-state index contributed by atoms with van der Waals surface area (Å²) in [6.45, 7) is 4.10. The van der Waals surface area contributed by atoms with E-state index in [-0.39, 0.29) is 6.10 Å². The van der Waals surface area contributed by atoms with E-state index in [4.69, 9.17) is 0 Å². The molecule has 0 aliphatic carbocycles. The third-order valence-corrected chi connectivity index (χ3v) is 3.73. The van der Waals surface area contributed by atoms with Crippen molar-refractivity contribution in [3.8, 4) is 0 Å². The lowest BCUT2D eigenvalue weighted by Gasteiger charge is -2.12. The highest BCUT2D eigenvalue weighted by Gasteiger charge is 2.23. The maximum absolute atomic E-state index is 9.63. The number of aliphatic hydroxyl groups is 1. The monoisotopic (exact) mass is 227 g/mol. The molecule has 2 atom stereocenters. The van der Waals surface area contributed by atoms with Gasteiger partial charge < -0.3 is 10.4 Å². The van der Waals surface area contributed by atoms with Crippen molar-refractivity contribution in [3.05, 3.63) is 0 Å². The number of β-amino-alcohol motifs (C(OH)–C–C–N with tert-alkyl or cyclic N) is 1. The van der Waals surface area contributed by atoms with Crippen LogP contribution in [0.2, 0.25) is 0 Å². The number of hydrogen-bond donors (Lipinski definition) is 2. The molecule has 1 rings (SSSR count). The first-order valence-electron chi connectivity index (χ1n) is 7.23. The molecule has 1 aliphatic heterocycles. The average Bonchev–Trinajstić information content (AvgIpc) is 2.68. The second kappa shape index (κ2) is 9.00. The number of aliphatic hydroxyl groups excluding tert-OH is 1. The van der Waals surface area contributed by atoms with Crippen LogP contribution < -0.4 is 5.32 Å². The molecule has 16 heavy (non-hydrogen) atoms. The van der Waals surface area contributed by atoms with Crippen molar-refractivity contribution in [3.63, 3.8) is 0 Å². The molecule has 0 radical (unpaired) electrons. The summed E-state index contributed by atoms with van der Waals surface area (Å²) in [7, 11) is 0. The van der Waals surface area contributed by atoms with Crippen molar-refractivity contribution in [1.82, 2.24) is 5.32 Å². The van der Waals surface area contributed by atoms with Crippen LogP contribution >= 0.6 is 0 Å². The van der Waals surface area contributed by atoms with Gasteiger partial charge in [-0.2, -0.15) is 0 Å². The summed E-state index contributed by atoms with van der Waals surface area (Å²) in [4.78, 5) is 0. The molecule has 1 saturated heterocycles. The van der Waals surface area contributed by atoms with Gasteiger partial charge in [0.25, 0.3) is 0 Å². The van der Waals surface area contributed by atoms with Crippen molar-refractivity contribution in [2.45, 2.75) is 70.8 Å². The van der Waals surface area contributed by atoms with E-state index in [1.807, 2.05) is 0 Å². The Morgan fingerprint density at radius 2 is 1.56 bits per heavy atom. The van der Waals surface area contributed by atoms with Gasteiger partial charge in [0.1, 0.15) is 0 Å². The lowest BCUT2D eigenvalue weighted by atomic mass is 9.97. The van der Waals surface area contributed by atoms with Crippen LogP contribution in [0.3, 0.4) is 0 Å². The van der Waals surface area contributed by atoms with Crippen molar-refractivity contribution < 1.29 is 5.11 Å². The van der Waals surface area contributed by atoms with Crippen molar-refractivity contribution in [2.24, 2.45) is 5.92 Å². The molecule has 0 aromatic carbocycles. The predicted octanol–water partition coefficient (Wildman–Crippen LogP) is 3.10. The molecule has 0 saturated carbocycles. The highest BCUT2D eigenvalue weighted by Crippen LogP contribution is 2.18. The molecule has 0 aromatic rings. The SMILES string of the molecule is CCCCCCCCCCC1CNCC1O. The van der Waals surface area contributed by atoms with Crippen LogP contribution in [0.5, 0.6) is 0 Å².